The summed E-state index contributed by atoms with van der Waals surface area (Å²) in [5, 5.41) is 1.19. The standard InChI is InChI=1S/C14H17N3OS/c1-10(15-16-14(18)9-17(2)3)13-8-11-6-4-5-7-12(11)19-13/h4-8,15H,1,9H2,2-3H3,(H,16,18). The summed E-state index contributed by atoms with van der Waals surface area (Å²) in [4.78, 5) is 14.3. The lowest BCUT2D eigenvalue weighted by molar-refractivity contribution is -0.122. The molecule has 0 aliphatic carbocycles. The number of nitrogens with zero attached hydrogens (tertiary/aromatic N) is 1. The number of likely N-dealkylation sites (N-methyl/N-ethyl adjacent to an activating group) is 1. The monoisotopic (exact) mass is 275 g/mol. The number of amides is 1. The van der Waals surface area contributed by atoms with E-state index in [1.807, 2.05) is 26.2 Å². The summed E-state index contributed by atoms with van der Waals surface area (Å²) in [6.45, 7) is 4.28. The van der Waals surface area contributed by atoms with Gasteiger partial charge in [0.2, 0.25) is 0 Å². The van der Waals surface area contributed by atoms with Gasteiger partial charge in [-0.3, -0.25) is 15.6 Å². The van der Waals surface area contributed by atoms with E-state index in [2.05, 4.69) is 35.6 Å². The molecule has 0 radical (unpaired) electrons. The van der Waals surface area contributed by atoms with E-state index < -0.39 is 0 Å². The Morgan fingerprint density at radius 1 is 1.32 bits per heavy atom. The number of carbonyl (C=O) groups is 1. The van der Waals surface area contributed by atoms with Gasteiger partial charge in [-0.1, -0.05) is 24.8 Å². The van der Waals surface area contributed by atoms with Gasteiger partial charge >= 0.3 is 0 Å². The molecule has 19 heavy (non-hydrogen) atoms. The normalized spacial score (nSPS) is 10.7. The van der Waals surface area contributed by atoms with Crippen LogP contribution in [-0.2, 0) is 4.79 Å². The van der Waals surface area contributed by atoms with E-state index in [0.717, 1.165) is 4.88 Å². The van der Waals surface area contributed by atoms with Gasteiger partial charge in [-0.2, -0.15) is 0 Å². The van der Waals surface area contributed by atoms with E-state index in [-0.39, 0.29) is 5.91 Å². The first-order chi connectivity index (χ1) is 9.06. The van der Waals surface area contributed by atoms with Crippen LogP contribution in [0.2, 0.25) is 0 Å². The zero-order valence-electron chi connectivity index (χ0n) is 11.1. The van der Waals surface area contributed by atoms with Crippen LogP contribution in [-0.4, -0.2) is 31.4 Å². The summed E-state index contributed by atoms with van der Waals surface area (Å²) in [5.41, 5.74) is 6.19. The van der Waals surface area contributed by atoms with Crippen molar-refractivity contribution in [1.29, 1.82) is 0 Å². The van der Waals surface area contributed by atoms with Crippen molar-refractivity contribution < 1.29 is 4.79 Å². The fraction of sp³-hybridized carbons (Fsp3) is 0.214. The summed E-state index contributed by atoms with van der Waals surface area (Å²) in [5.74, 6) is -0.0905. The molecular weight excluding hydrogens is 258 g/mol. The van der Waals surface area contributed by atoms with E-state index in [9.17, 15) is 4.79 Å². The van der Waals surface area contributed by atoms with Gasteiger partial charge in [0, 0.05) is 4.70 Å². The lowest BCUT2D eigenvalue weighted by Gasteiger charge is -2.12. The first-order valence-corrected chi connectivity index (χ1v) is 6.75. The van der Waals surface area contributed by atoms with Gasteiger partial charge in [0.1, 0.15) is 0 Å². The minimum atomic E-state index is -0.0905. The minimum absolute atomic E-state index is 0.0905. The molecule has 0 atom stereocenters. The van der Waals surface area contributed by atoms with Gasteiger partial charge in [0.25, 0.3) is 5.91 Å². The number of hydrazine groups is 1. The molecule has 0 fully saturated rings. The largest absolute Gasteiger partial charge is 0.301 e. The smallest absolute Gasteiger partial charge is 0.252 e. The Morgan fingerprint density at radius 3 is 2.74 bits per heavy atom. The molecule has 4 nitrogen and oxygen atoms in total. The number of hydrogen-bond acceptors (Lipinski definition) is 4. The summed E-state index contributed by atoms with van der Waals surface area (Å²) in [6.07, 6.45) is 0. The Hall–Kier alpha value is -1.85. The zero-order chi connectivity index (χ0) is 13.8. The minimum Gasteiger partial charge on any atom is -0.301 e. The topological polar surface area (TPSA) is 44.4 Å². The third-order valence-corrected chi connectivity index (χ3v) is 3.71. The molecule has 1 amide bonds. The van der Waals surface area contributed by atoms with E-state index in [1.54, 1.807) is 16.2 Å². The maximum atomic E-state index is 11.5. The Labute approximate surface area is 116 Å². The van der Waals surface area contributed by atoms with Crippen LogP contribution in [0.5, 0.6) is 0 Å². The number of nitrogens with one attached hydrogen (secondary N) is 2. The Morgan fingerprint density at radius 2 is 2.05 bits per heavy atom. The molecule has 0 bridgehead atoms. The maximum Gasteiger partial charge on any atom is 0.252 e. The lowest BCUT2D eigenvalue weighted by atomic mass is 10.2. The highest BCUT2D eigenvalue weighted by molar-refractivity contribution is 7.20. The molecule has 2 N–H and O–H groups in total. The van der Waals surface area contributed by atoms with E-state index in [1.165, 1.54) is 10.1 Å². The number of hydrogen-bond donors (Lipinski definition) is 2. The first kappa shape index (κ1) is 13.6. The van der Waals surface area contributed by atoms with Crippen LogP contribution in [0.4, 0.5) is 0 Å². The van der Waals surface area contributed by atoms with E-state index in [4.69, 9.17) is 0 Å². The fourth-order valence-corrected chi connectivity index (χ4v) is 2.65. The molecule has 0 aliphatic rings. The predicted molar refractivity (Wildman–Crippen MR) is 80.7 cm³/mol. The molecule has 100 valence electrons. The molecule has 0 aliphatic heterocycles. The van der Waals surface area contributed by atoms with Crippen molar-refractivity contribution in [1.82, 2.24) is 15.8 Å². The van der Waals surface area contributed by atoms with Crippen molar-refractivity contribution in [2.24, 2.45) is 0 Å². The van der Waals surface area contributed by atoms with Crippen molar-refractivity contribution in [3.8, 4) is 0 Å². The van der Waals surface area contributed by atoms with Crippen LogP contribution in [0.3, 0.4) is 0 Å². The third kappa shape index (κ3) is 3.56. The maximum absolute atomic E-state index is 11.5. The second kappa shape index (κ2) is 5.86. The Kier molecular flexibility index (Phi) is 4.19. The van der Waals surface area contributed by atoms with Crippen molar-refractivity contribution >= 4 is 33.0 Å². The quantitative estimate of drug-likeness (QED) is 0.821. The van der Waals surface area contributed by atoms with E-state index >= 15 is 0 Å². The predicted octanol–water partition coefficient (Wildman–Crippen LogP) is 2.05. The summed E-state index contributed by atoms with van der Waals surface area (Å²) < 4.78 is 1.21. The molecule has 5 heteroatoms. The van der Waals surface area contributed by atoms with Gasteiger partial charge < -0.3 is 4.90 Å². The van der Waals surface area contributed by atoms with Crippen LogP contribution in [0.1, 0.15) is 4.88 Å². The lowest BCUT2D eigenvalue weighted by Crippen LogP contribution is -2.40. The Balaban J connectivity index is 1.98. The summed E-state index contributed by atoms with van der Waals surface area (Å²) in [6, 6.07) is 10.2. The number of thiophene rings is 1. The highest BCUT2D eigenvalue weighted by Gasteiger charge is 2.06. The van der Waals surface area contributed by atoms with Gasteiger partial charge in [-0.05, 0) is 31.6 Å². The molecule has 0 saturated carbocycles. The highest BCUT2D eigenvalue weighted by Crippen LogP contribution is 2.28. The molecule has 2 rings (SSSR count). The average molecular weight is 275 g/mol. The van der Waals surface area contributed by atoms with Crippen LogP contribution >= 0.6 is 11.3 Å². The number of benzene rings is 1. The van der Waals surface area contributed by atoms with Gasteiger partial charge in [0.15, 0.2) is 0 Å². The van der Waals surface area contributed by atoms with Crippen molar-refractivity contribution in [2.75, 3.05) is 20.6 Å². The van der Waals surface area contributed by atoms with Crippen LogP contribution in [0, 0.1) is 0 Å². The van der Waals surface area contributed by atoms with Gasteiger partial charge in [-0.25, -0.2) is 0 Å². The molecule has 2 aromatic rings. The highest BCUT2D eigenvalue weighted by atomic mass is 32.1. The molecule has 0 unspecified atom stereocenters. The Bertz CT molecular complexity index is 571. The van der Waals surface area contributed by atoms with Crippen LogP contribution < -0.4 is 10.9 Å². The number of fused-ring (bicyclic) bond motifs is 1. The zero-order valence-corrected chi connectivity index (χ0v) is 11.9. The van der Waals surface area contributed by atoms with Crippen LogP contribution in [0.15, 0.2) is 36.9 Å². The van der Waals surface area contributed by atoms with Crippen molar-refractivity contribution in [3.05, 3.63) is 41.8 Å². The SMILES string of the molecule is C=C(NNC(=O)CN(C)C)c1cc2ccccc2s1. The second-order valence-electron chi connectivity index (χ2n) is 4.54. The molecule has 1 aromatic carbocycles. The average Bonchev–Trinajstić information content (AvgIpc) is 2.78. The molecule has 1 heterocycles. The van der Waals surface area contributed by atoms with Gasteiger partial charge in [-0.15, -0.1) is 11.3 Å². The van der Waals surface area contributed by atoms with Crippen molar-refractivity contribution in [3.63, 3.8) is 0 Å². The van der Waals surface area contributed by atoms with Gasteiger partial charge in [0.05, 0.1) is 17.1 Å². The number of rotatable bonds is 5. The molecule has 1 aromatic heterocycles. The fourth-order valence-electron chi connectivity index (χ4n) is 1.66. The summed E-state index contributed by atoms with van der Waals surface area (Å²) in [7, 11) is 3.70. The van der Waals surface area contributed by atoms with Crippen molar-refractivity contribution in [2.45, 2.75) is 0 Å². The third-order valence-electron chi connectivity index (χ3n) is 2.54. The van der Waals surface area contributed by atoms with E-state index in [0.29, 0.717) is 12.2 Å². The van der Waals surface area contributed by atoms with Crippen LogP contribution in [0.25, 0.3) is 15.8 Å². The first-order valence-electron chi connectivity index (χ1n) is 5.93. The number of carbonyl (C=O) groups excluding carboxylic acids is 1. The molecule has 0 saturated heterocycles. The molecule has 0 spiro atoms. The molecular formula is C14H17N3OS. The summed E-state index contributed by atoms with van der Waals surface area (Å²) >= 11 is 1.65. The second-order valence-corrected chi connectivity index (χ2v) is 5.62.